The first-order valence-electron chi connectivity index (χ1n) is 5.39. The van der Waals surface area contributed by atoms with Crippen LogP contribution in [0.4, 0.5) is 0 Å². The molecule has 0 fully saturated rings. The van der Waals surface area contributed by atoms with Crippen LogP contribution in [0.1, 0.15) is 15.9 Å². The number of benzene rings is 1. The van der Waals surface area contributed by atoms with Gasteiger partial charge in [-0.05, 0) is 24.7 Å². The second kappa shape index (κ2) is 5.32. The largest absolute Gasteiger partial charge is 0.366 e. The van der Waals surface area contributed by atoms with Gasteiger partial charge in [-0.15, -0.1) is 0 Å². The minimum atomic E-state index is -0.480. The van der Waals surface area contributed by atoms with E-state index in [-0.39, 0.29) is 0 Å². The third-order valence-corrected chi connectivity index (χ3v) is 3.27. The van der Waals surface area contributed by atoms with Crippen molar-refractivity contribution in [3.63, 3.8) is 0 Å². The van der Waals surface area contributed by atoms with Crippen LogP contribution in [-0.2, 0) is 6.54 Å². The topological polar surface area (TPSA) is 72.9 Å². The maximum absolute atomic E-state index is 11.0. The van der Waals surface area contributed by atoms with Crippen LogP contribution in [0.5, 0.6) is 0 Å². The van der Waals surface area contributed by atoms with Crippen molar-refractivity contribution in [1.29, 1.82) is 0 Å². The van der Waals surface area contributed by atoms with Crippen molar-refractivity contribution in [3.05, 3.63) is 46.2 Å². The van der Waals surface area contributed by atoms with Crippen molar-refractivity contribution in [2.24, 2.45) is 5.73 Å². The van der Waals surface area contributed by atoms with E-state index in [2.05, 4.69) is 26.3 Å². The molecule has 0 radical (unpaired) electrons. The van der Waals surface area contributed by atoms with Crippen LogP contribution in [0.15, 0.2) is 35.1 Å². The van der Waals surface area contributed by atoms with Gasteiger partial charge in [0.15, 0.2) is 0 Å². The first-order valence-corrected chi connectivity index (χ1v) is 6.19. The maximum Gasteiger partial charge on any atom is 0.251 e. The standard InChI is InChI=1S/C12H13BrN4O/c1-15-5-8-2-3-10(4-11(8)13)17-7-9(6-16-17)12(14)18/h2-4,6-7,15H,5H2,1H3,(H2,14,18). The van der Waals surface area contributed by atoms with Crippen molar-refractivity contribution in [1.82, 2.24) is 15.1 Å². The molecule has 0 atom stereocenters. The van der Waals surface area contributed by atoms with E-state index in [1.165, 1.54) is 6.20 Å². The molecule has 1 heterocycles. The van der Waals surface area contributed by atoms with Crippen molar-refractivity contribution in [3.8, 4) is 5.69 Å². The Morgan fingerprint density at radius 3 is 2.89 bits per heavy atom. The van der Waals surface area contributed by atoms with Crippen molar-refractivity contribution in [2.75, 3.05) is 7.05 Å². The molecule has 0 saturated carbocycles. The Balaban J connectivity index is 2.33. The number of hydrogen-bond donors (Lipinski definition) is 2. The molecule has 0 saturated heterocycles. The predicted molar refractivity (Wildman–Crippen MR) is 72.5 cm³/mol. The number of nitrogens with zero attached hydrogens (tertiary/aromatic N) is 2. The van der Waals surface area contributed by atoms with E-state index in [1.807, 2.05) is 25.2 Å². The average molecular weight is 309 g/mol. The summed E-state index contributed by atoms with van der Waals surface area (Å²) in [4.78, 5) is 11.0. The number of nitrogens with one attached hydrogen (secondary N) is 1. The number of aromatic nitrogens is 2. The molecule has 1 aromatic carbocycles. The maximum atomic E-state index is 11.0. The van der Waals surface area contributed by atoms with Gasteiger partial charge in [0, 0.05) is 17.2 Å². The lowest BCUT2D eigenvalue weighted by atomic mass is 10.2. The third-order valence-electron chi connectivity index (χ3n) is 2.54. The molecule has 1 amide bonds. The predicted octanol–water partition coefficient (Wildman–Crippen LogP) is 1.45. The molecule has 0 aliphatic carbocycles. The van der Waals surface area contributed by atoms with Gasteiger partial charge in [0.25, 0.3) is 5.91 Å². The highest BCUT2D eigenvalue weighted by Crippen LogP contribution is 2.20. The fourth-order valence-corrected chi connectivity index (χ4v) is 2.11. The summed E-state index contributed by atoms with van der Waals surface area (Å²) in [6, 6.07) is 5.89. The minimum absolute atomic E-state index is 0.394. The number of rotatable bonds is 4. The second-order valence-corrected chi connectivity index (χ2v) is 4.70. The summed E-state index contributed by atoms with van der Waals surface area (Å²) in [5.41, 5.74) is 7.61. The van der Waals surface area contributed by atoms with Crippen molar-refractivity contribution < 1.29 is 4.79 Å². The average Bonchev–Trinajstić information content (AvgIpc) is 2.81. The van der Waals surface area contributed by atoms with Gasteiger partial charge < -0.3 is 11.1 Å². The number of halogens is 1. The normalized spacial score (nSPS) is 10.6. The molecule has 3 N–H and O–H groups in total. The van der Waals surface area contributed by atoms with Gasteiger partial charge in [0.1, 0.15) is 0 Å². The molecule has 5 nitrogen and oxygen atoms in total. The number of hydrogen-bond acceptors (Lipinski definition) is 3. The number of carbonyl (C=O) groups excluding carboxylic acids is 1. The van der Waals surface area contributed by atoms with E-state index in [1.54, 1.807) is 10.9 Å². The van der Waals surface area contributed by atoms with Crippen LogP contribution < -0.4 is 11.1 Å². The lowest BCUT2D eigenvalue weighted by Crippen LogP contribution is -2.09. The van der Waals surface area contributed by atoms with E-state index in [0.29, 0.717) is 5.56 Å². The summed E-state index contributed by atoms with van der Waals surface area (Å²) >= 11 is 3.51. The lowest BCUT2D eigenvalue weighted by Gasteiger charge is -2.07. The SMILES string of the molecule is CNCc1ccc(-n2cc(C(N)=O)cn2)cc1Br. The van der Waals surface area contributed by atoms with E-state index in [4.69, 9.17) is 5.73 Å². The van der Waals surface area contributed by atoms with Crippen LogP contribution >= 0.6 is 15.9 Å². The van der Waals surface area contributed by atoms with E-state index in [0.717, 1.165) is 22.3 Å². The van der Waals surface area contributed by atoms with Gasteiger partial charge >= 0.3 is 0 Å². The van der Waals surface area contributed by atoms with Gasteiger partial charge in [0.05, 0.1) is 17.4 Å². The van der Waals surface area contributed by atoms with E-state index in [9.17, 15) is 4.79 Å². The molecule has 94 valence electrons. The Morgan fingerprint density at radius 1 is 1.56 bits per heavy atom. The van der Waals surface area contributed by atoms with Crippen LogP contribution in [0, 0.1) is 0 Å². The summed E-state index contributed by atoms with van der Waals surface area (Å²) < 4.78 is 2.61. The van der Waals surface area contributed by atoms with Crippen LogP contribution in [0.25, 0.3) is 5.69 Å². The Bertz CT molecular complexity index is 579. The molecule has 2 rings (SSSR count). The summed E-state index contributed by atoms with van der Waals surface area (Å²) in [7, 11) is 1.90. The second-order valence-electron chi connectivity index (χ2n) is 3.84. The number of amides is 1. The highest BCUT2D eigenvalue weighted by atomic mass is 79.9. The molecule has 6 heteroatoms. The third kappa shape index (κ3) is 2.60. The fourth-order valence-electron chi connectivity index (χ4n) is 1.60. The number of primary amides is 1. The van der Waals surface area contributed by atoms with Gasteiger partial charge in [-0.3, -0.25) is 4.79 Å². The molecule has 0 unspecified atom stereocenters. The summed E-state index contributed by atoms with van der Waals surface area (Å²) in [6.07, 6.45) is 3.07. The molecular weight excluding hydrogens is 296 g/mol. The molecule has 0 spiro atoms. The zero-order valence-corrected chi connectivity index (χ0v) is 11.4. The molecule has 0 aliphatic rings. The fraction of sp³-hybridized carbons (Fsp3) is 0.167. The van der Waals surface area contributed by atoms with Crippen molar-refractivity contribution >= 4 is 21.8 Å². The Morgan fingerprint density at radius 2 is 2.33 bits per heavy atom. The van der Waals surface area contributed by atoms with Crippen LogP contribution in [0.3, 0.4) is 0 Å². The summed E-state index contributed by atoms with van der Waals surface area (Å²) in [5, 5.41) is 7.19. The smallest absolute Gasteiger partial charge is 0.251 e. The molecular formula is C12H13BrN4O. The van der Waals surface area contributed by atoms with Crippen LogP contribution in [-0.4, -0.2) is 22.7 Å². The Labute approximate surface area is 113 Å². The van der Waals surface area contributed by atoms with E-state index < -0.39 is 5.91 Å². The quantitative estimate of drug-likeness (QED) is 0.898. The number of nitrogens with two attached hydrogens (primary N) is 1. The highest BCUT2D eigenvalue weighted by molar-refractivity contribution is 9.10. The zero-order valence-electron chi connectivity index (χ0n) is 9.85. The highest BCUT2D eigenvalue weighted by Gasteiger charge is 2.07. The molecule has 2 aromatic rings. The lowest BCUT2D eigenvalue weighted by molar-refractivity contribution is 0.100. The van der Waals surface area contributed by atoms with Gasteiger partial charge in [0.2, 0.25) is 0 Å². The zero-order chi connectivity index (χ0) is 13.1. The van der Waals surface area contributed by atoms with Gasteiger partial charge in [-0.1, -0.05) is 22.0 Å². The number of carbonyl (C=O) groups is 1. The monoisotopic (exact) mass is 308 g/mol. The summed E-state index contributed by atoms with van der Waals surface area (Å²) in [5.74, 6) is -0.480. The van der Waals surface area contributed by atoms with Gasteiger partial charge in [-0.25, -0.2) is 4.68 Å². The first-order chi connectivity index (χ1) is 8.61. The minimum Gasteiger partial charge on any atom is -0.366 e. The van der Waals surface area contributed by atoms with Crippen LogP contribution in [0.2, 0.25) is 0 Å². The van der Waals surface area contributed by atoms with E-state index >= 15 is 0 Å². The molecule has 1 aromatic heterocycles. The Hall–Kier alpha value is -1.66. The van der Waals surface area contributed by atoms with Crippen molar-refractivity contribution in [2.45, 2.75) is 6.54 Å². The summed E-state index contributed by atoms with van der Waals surface area (Å²) in [6.45, 7) is 0.784. The molecule has 0 bridgehead atoms. The Kier molecular flexibility index (Phi) is 3.78. The van der Waals surface area contributed by atoms with Gasteiger partial charge in [-0.2, -0.15) is 5.10 Å². The molecule has 0 aliphatic heterocycles. The molecule has 18 heavy (non-hydrogen) atoms. The first kappa shape index (κ1) is 12.8.